The van der Waals surface area contributed by atoms with Crippen LogP contribution in [0.3, 0.4) is 0 Å². The van der Waals surface area contributed by atoms with Crippen molar-refractivity contribution in [2.24, 2.45) is 0 Å². The van der Waals surface area contributed by atoms with Crippen LogP contribution in [0.5, 0.6) is 0 Å². The van der Waals surface area contributed by atoms with E-state index < -0.39 is 0 Å². The van der Waals surface area contributed by atoms with Crippen LogP contribution in [0.2, 0.25) is 0 Å². The maximum atomic E-state index is 12.6. The molecular formula is C17H18N4O2S2. The molecule has 130 valence electrons. The number of carbonyl (C=O) groups excluding carboxylic acids is 1. The van der Waals surface area contributed by atoms with Crippen molar-refractivity contribution in [2.45, 2.75) is 37.5 Å². The van der Waals surface area contributed by atoms with Crippen molar-refractivity contribution in [3.63, 3.8) is 0 Å². The maximum absolute atomic E-state index is 12.6. The Kier molecular flexibility index (Phi) is 5.50. The summed E-state index contributed by atoms with van der Waals surface area (Å²) in [6.07, 6.45) is 0. The summed E-state index contributed by atoms with van der Waals surface area (Å²) >= 11 is 3.23. The fourth-order valence-electron chi connectivity index (χ4n) is 2.23. The zero-order valence-corrected chi connectivity index (χ0v) is 15.8. The largest absolute Gasteiger partial charge is 0.340 e. The summed E-state index contributed by atoms with van der Waals surface area (Å²) in [4.78, 5) is 22.2. The summed E-state index contributed by atoms with van der Waals surface area (Å²) in [6.45, 7) is 5.55. The first-order valence-corrected chi connectivity index (χ1v) is 9.63. The number of aromatic nitrogens is 3. The van der Waals surface area contributed by atoms with E-state index in [2.05, 4.69) is 20.4 Å². The molecule has 0 fully saturated rings. The second kappa shape index (κ2) is 7.79. The molecule has 0 spiro atoms. The molecular weight excluding hydrogens is 356 g/mol. The fraction of sp³-hybridized carbons (Fsp3) is 0.294. The molecule has 0 aliphatic rings. The molecule has 2 aromatic heterocycles. The number of amides is 1. The van der Waals surface area contributed by atoms with Crippen molar-refractivity contribution in [3.8, 4) is 0 Å². The monoisotopic (exact) mass is 374 g/mol. The normalized spacial score (nSPS) is 12.1. The van der Waals surface area contributed by atoms with E-state index in [4.69, 9.17) is 4.52 Å². The summed E-state index contributed by atoms with van der Waals surface area (Å²) < 4.78 is 5.11. The van der Waals surface area contributed by atoms with Crippen molar-refractivity contribution in [1.82, 2.24) is 20.4 Å². The summed E-state index contributed by atoms with van der Waals surface area (Å²) in [7, 11) is 0. The molecule has 8 heteroatoms. The van der Waals surface area contributed by atoms with Crippen molar-refractivity contribution in [3.05, 3.63) is 57.6 Å². The predicted molar refractivity (Wildman–Crippen MR) is 97.8 cm³/mol. The third kappa shape index (κ3) is 4.46. The highest BCUT2D eigenvalue weighted by Crippen LogP contribution is 2.27. The molecule has 3 rings (SSSR count). The molecule has 1 unspecified atom stereocenters. The van der Waals surface area contributed by atoms with Crippen LogP contribution < -0.4 is 5.32 Å². The van der Waals surface area contributed by atoms with Crippen LogP contribution in [0.25, 0.3) is 0 Å². The van der Waals surface area contributed by atoms with Crippen molar-refractivity contribution in [1.29, 1.82) is 0 Å². The zero-order valence-electron chi connectivity index (χ0n) is 14.1. The predicted octanol–water partition coefficient (Wildman–Crippen LogP) is 3.93. The Labute approximate surface area is 154 Å². The van der Waals surface area contributed by atoms with Gasteiger partial charge in [0.2, 0.25) is 5.89 Å². The van der Waals surface area contributed by atoms with Crippen LogP contribution >= 0.6 is 23.1 Å². The van der Waals surface area contributed by atoms with Gasteiger partial charge in [0.1, 0.15) is 6.04 Å². The van der Waals surface area contributed by atoms with Gasteiger partial charge in [-0.3, -0.25) is 4.79 Å². The molecule has 0 aliphatic carbocycles. The van der Waals surface area contributed by atoms with E-state index in [1.54, 1.807) is 30.0 Å². The minimum Gasteiger partial charge on any atom is -0.340 e. The number of nitrogens with zero attached hydrogens (tertiary/aromatic N) is 3. The quantitative estimate of drug-likeness (QED) is 0.659. The van der Waals surface area contributed by atoms with E-state index in [1.807, 2.05) is 43.5 Å². The van der Waals surface area contributed by atoms with E-state index in [-0.39, 0.29) is 11.9 Å². The smallest absolute Gasteiger partial charge is 0.253 e. The van der Waals surface area contributed by atoms with Gasteiger partial charge in [0.15, 0.2) is 5.82 Å². The molecule has 1 aromatic carbocycles. The lowest BCUT2D eigenvalue weighted by atomic mass is 10.2. The Bertz CT molecular complexity index is 875. The number of carbonyl (C=O) groups is 1. The highest BCUT2D eigenvalue weighted by molar-refractivity contribution is 7.98. The van der Waals surface area contributed by atoms with Gasteiger partial charge in [0, 0.05) is 16.0 Å². The van der Waals surface area contributed by atoms with Gasteiger partial charge in [-0.05, 0) is 32.9 Å². The Morgan fingerprint density at radius 1 is 1.32 bits per heavy atom. The molecule has 0 bridgehead atoms. The summed E-state index contributed by atoms with van der Waals surface area (Å²) in [5.74, 6) is 1.51. The number of aryl methyl sites for hydroxylation is 2. The molecule has 25 heavy (non-hydrogen) atoms. The van der Waals surface area contributed by atoms with Gasteiger partial charge >= 0.3 is 0 Å². The number of hydrogen-bond donors (Lipinski definition) is 1. The Morgan fingerprint density at radius 2 is 2.12 bits per heavy atom. The maximum Gasteiger partial charge on any atom is 0.253 e. The summed E-state index contributed by atoms with van der Waals surface area (Å²) in [6, 6.07) is 7.19. The van der Waals surface area contributed by atoms with E-state index in [9.17, 15) is 4.79 Å². The van der Waals surface area contributed by atoms with Gasteiger partial charge in [-0.15, -0.1) is 23.1 Å². The van der Waals surface area contributed by atoms with Crippen LogP contribution in [-0.4, -0.2) is 21.0 Å². The first-order valence-electron chi connectivity index (χ1n) is 7.77. The average Bonchev–Trinajstić information content (AvgIpc) is 3.21. The number of thioether (sulfide) groups is 1. The number of benzene rings is 1. The summed E-state index contributed by atoms with van der Waals surface area (Å²) in [5, 5.41) is 9.75. The second-order valence-corrected chi connectivity index (χ2v) is 7.60. The number of nitrogens with one attached hydrogen (secondary N) is 1. The minimum absolute atomic E-state index is 0.166. The van der Waals surface area contributed by atoms with Crippen LogP contribution in [-0.2, 0) is 5.75 Å². The molecule has 0 saturated carbocycles. The highest BCUT2D eigenvalue weighted by Gasteiger charge is 2.18. The van der Waals surface area contributed by atoms with E-state index in [0.29, 0.717) is 17.3 Å². The topological polar surface area (TPSA) is 80.9 Å². The molecule has 1 amide bonds. The molecule has 0 aliphatic heterocycles. The fourth-order valence-corrected chi connectivity index (χ4v) is 3.89. The summed E-state index contributed by atoms with van der Waals surface area (Å²) in [5.41, 5.74) is 1.65. The number of rotatable bonds is 6. The average molecular weight is 374 g/mol. The second-order valence-electron chi connectivity index (χ2n) is 5.52. The molecule has 3 aromatic rings. The van der Waals surface area contributed by atoms with Gasteiger partial charge < -0.3 is 9.84 Å². The van der Waals surface area contributed by atoms with Crippen LogP contribution in [0.15, 0.2) is 39.1 Å². The first kappa shape index (κ1) is 17.6. The van der Waals surface area contributed by atoms with Crippen LogP contribution in [0.1, 0.15) is 45.7 Å². The minimum atomic E-state index is -0.354. The first-order chi connectivity index (χ1) is 12.0. The molecule has 1 atom stereocenters. The van der Waals surface area contributed by atoms with E-state index >= 15 is 0 Å². The third-order valence-corrected chi connectivity index (χ3v) is 5.36. The van der Waals surface area contributed by atoms with Gasteiger partial charge in [0.25, 0.3) is 5.91 Å². The number of thiazole rings is 1. The number of hydrogen-bond acceptors (Lipinski definition) is 7. The SMILES string of the molecule is Cc1noc(C(C)NC(=O)c2ccccc2SCc2csc(C)n2)n1. The zero-order chi connectivity index (χ0) is 17.8. The highest BCUT2D eigenvalue weighted by atomic mass is 32.2. The van der Waals surface area contributed by atoms with E-state index in [0.717, 1.165) is 21.3 Å². The molecule has 1 N–H and O–H groups in total. The Balaban J connectivity index is 1.69. The van der Waals surface area contributed by atoms with Gasteiger partial charge in [-0.1, -0.05) is 17.3 Å². The van der Waals surface area contributed by atoms with Crippen molar-refractivity contribution >= 4 is 29.0 Å². The standard InChI is InChI=1S/C17H18N4O2S2/c1-10(17-19-11(2)21-23-17)18-16(22)14-6-4-5-7-15(14)25-9-13-8-24-12(3)20-13/h4-8,10H,9H2,1-3H3,(H,18,22). The van der Waals surface area contributed by atoms with Gasteiger partial charge in [-0.25, -0.2) is 4.98 Å². The van der Waals surface area contributed by atoms with Gasteiger partial charge in [-0.2, -0.15) is 4.98 Å². The van der Waals surface area contributed by atoms with Crippen molar-refractivity contribution in [2.75, 3.05) is 0 Å². The van der Waals surface area contributed by atoms with Crippen molar-refractivity contribution < 1.29 is 9.32 Å². The molecule has 2 heterocycles. The third-order valence-electron chi connectivity index (χ3n) is 3.44. The van der Waals surface area contributed by atoms with E-state index in [1.165, 1.54) is 0 Å². The lowest BCUT2D eigenvalue weighted by molar-refractivity contribution is 0.0929. The Morgan fingerprint density at radius 3 is 2.80 bits per heavy atom. The van der Waals surface area contributed by atoms with Crippen LogP contribution in [0, 0.1) is 13.8 Å². The van der Waals surface area contributed by atoms with Gasteiger partial charge in [0.05, 0.1) is 16.3 Å². The molecule has 0 saturated heterocycles. The molecule has 0 radical (unpaired) electrons. The Hall–Kier alpha value is -2.19. The van der Waals surface area contributed by atoms with Crippen LogP contribution in [0.4, 0.5) is 0 Å². The molecule has 6 nitrogen and oxygen atoms in total. The lowest BCUT2D eigenvalue weighted by Crippen LogP contribution is -2.27. The lowest BCUT2D eigenvalue weighted by Gasteiger charge is -2.12.